The van der Waals surface area contributed by atoms with Crippen molar-refractivity contribution in [1.29, 1.82) is 0 Å². The Bertz CT molecular complexity index is 404. The molecule has 0 atom stereocenters. The normalized spacial score (nSPS) is 20.7. The van der Waals surface area contributed by atoms with Gasteiger partial charge in [-0.3, -0.25) is 4.68 Å². The minimum absolute atomic E-state index is 0.651. The summed E-state index contributed by atoms with van der Waals surface area (Å²) in [7, 11) is 2.23. The second-order valence-electron chi connectivity index (χ2n) is 6.47. The van der Waals surface area contributed by atoms with Crippen LogP contribution in [0.1, 0.15) is 56.7 Å². The van der Waals surface area contributed by atoms with Crippen LogP contribution in [0.25, 0.3) is 0 Å². The van der Waals surface area contributed by atoms with Gasteiger partial charge in [-0.15, -0.1) is 0 Å². The molecule has 20 heavy (non-hydrogen) atoms. The van der Waals surface area contributed by atoms with Crippen LogP contribution in [0.5, 0.6) is 0 Å². The van der Waals surface area contributed by atoms with Crippen LogP contribution in [0.15, 0.2) is 12.3 Å². The standard InChI is InChI=1S/C16H28N4/c1-19(15-7-8-15)12-10-17-13-14-9-11-20(18-14)16-5-3-2-4-6-16/h9,11,15-17H,2-8,10,12-13H2,1H3. The smallest absolute Gasteiger partial charge is 0.0762 e. The molecule has 1 aromatic rings. The van der Waals surface area contributed by atoms with Gasteiger partial charge >= 0.3 is 0 Å². The van der Waals surface area contributed by atoms with Gasteiger partial charge in [0.05, 0.1) is 11.7 Å². The number of likely N-dealkylation sites (N-methyl/N-ethyl adjacent to an activating group) is 1. The second kappa shape index (κ2) is 6.72. The molecule has 0 amide bonds. The Morgan fingerprint density at radius 3 is 2.80 bits per heavy atom. The molecular formula is C16H28N4. The summed E-state index contributed by atoms with van der Waals surface area (Å²) >= 11 is 0. The van der Waals surface area contributed by atoms with Crippen LogP contribution in [-0.2, 0) is 6.54 Å². The van der Waals surface area contributed by atoms with Gasteiger partial charge in [-0.05, 0) is 38.8 Å². The van der Waals surface area contributed by atoms with E-state index >= 15 is 0 Å². The third-order valence-electron chi connectivity index (χ3n) is 4.73. The Kier molecular flexibility index (Phi) is 4.73. The van der Waals surface area contributed by atoms with Crippen molar-refractivity contribution < 1.29 is 0 Å². The maximum absolute atomic E-state index is 4.74. The number of aromatic nitrogens is 2. The fourth-order valence-electron chi connectivity index (χ4n) is 3.19. The Morgan fingerprint density at radius 1 is 1.25 bits per heavy atom. The van der Waals surface area contributed by atoms with Crippen LogP contribution in [0, 0.1) is 0 Å². The molecule has 0 radical (unpaired) electrons. The molecule has 0 aliphatic heterocycles. The van der Waals surface area contributed by atoms with Gasteiger partial charge in [-0.1, -0.05) is 19.3 Å². The van der Waals surface area contributed by atoms with Crippen molar-refractivity contribution in [2.24, 2.45) is 0 Å². The molecule has 2 fully saturated rings. The first kappa shape index (κ1) is 14.1. The molecule has 0 aromatic carbocycles. The molecule has 2 aliphatic carbocycles. The predicted molar refractivity (Wildman–Crippen MR) is 81.7 cm³/mol. The van der Waals surface area contributed by atoms with Crippen molar-refractivity contribution in [2.45, 2.75) is 63.6 Å². The molecule has 0 spiro atoms. The van der Waals surface area contributed by atoms with Gasteiger partial charge in [0.25, 0.3) is 0 Å². The number of hydrogen-bond acceptors (Lipinski definition) is 3. The molecule has 0 unspecified atom stereocenters. The summed E-state index contributed by atoms with van der Waals surface area (Å²) in [6, 6.07) is 3.69. The largest absolute Gasteiger partial charge is 0.310 e. The number of rotatable bonds is 7. The average Bonchev–Trinajstić information content (AvgIpc) is 3.23. The Morgan fingerprint density at radius 2 is 2.05 bits per heavy atom. The SMILES string of the molecule is CN(CCNCc1ccn(C2CCCCC2)n1)C1CC1. The van der Waals surface area contributed by atoms with Crippen LogP contribution in [0.3, 0.4) is 0 Å². The van der Waals surface area contributed by atoms with E-state index in [2.05, 4.69) is 34.2 Å². The van der Waals surface area contributed by atoms with Gasteiger partial charge in [0.15, 0.2) is 0 Å². The van der Waals surface area contributed by atoms with Crippen LogP contribution >= 0.6 is 0 Å². The van der Waals surface area contributed by atoms with Gasteiger partial charge in [-0.2, -0.15) is 5.10 Å². The zero-order valence-corrected chi connectivity index (χ0v) is 12.7. The van der Waals surface area contributed by atoms with E-state index in [1.165, 1.54) is 50.6 Å². The Hall–Kier alpha value is -0.870. The molecule has 4 nitrogen and oxygen atoms in total. The molecule has 0 bridgehead atoms. The molecule has 0 saturated heterocycles. The van der Waals surface area contributed by atoms with E-state index in [-0.39, 0.29) is 0 Å². The highest BCUT2D eigenvalue weighted by Crippen LogP contribution is 2.27. The lowest BCUT2D eigenvalue weighted by Gasteiger charge is -2.21. The van der Waals surface area contributed by atoms with Crippen molar-refractivity contribution in [3.8, 4) is 0 Å². The van der Waals surface area contributed by atoms with E-state index in [1.54, 1.807) is 0 Å². The number of nitrogens with one attached hydrogen (secondary N) is 1. The summed E-state index contributed by atoms with van der Waals surface area (Å²) in [6.45, 7) is 3.11. The maximum Gasteiger partial charge on any atom is 0.0762 e. The molecule has 1 heterocycles. The van der Waals surface area contributed by atoms with Crippen LogP contribution < -0.4 is 5.32 Å². The minimum atomic E-state index is 0.651. The van der Waals surface area contributed by atoms with Crippen LogP contribution in [0.4, 0.5) is 0 Å². The lowest BCUT2D eigenvalue weighted by Crippen LogP contribution is -2.30. The van der Waals surface area contributed by atoms with Gasteiger partial charge in [0.1, 0.15) is 0 Å². The topological polar surface area (TPSA) is 33.1 Å². The summed E-state index contributed by atoms with van der Waals surface area (Å²) in [5.74, 6) is 0. The second-order valence-corrected chi connectivity index (χ2v) is 6.47. The third kappa shape index (κ3) is 3.83. The minimum Gasteiger partial charge on any atom is -0.310 e. The van der Waals surface area contributed by atoms with Gasteiger partial charge in [-0.25, -0.2) is 0 Å². The summed E-state index contributed by atoms with van der Waals surface area (Å²) in [5, 5.41) is 8.25. The molecule has 4 heteroatoms. The number of nitrogens with zero attached hydrogens (tertiary/aromatic N) is 3. The molecule has 1 N–H and O–H groups in total. The lowest BCUT2D eigenvalue weighted by molar-refractivity contribution is 0.319. The summed E-state index contributed by atoms with van der Waals surface area (Å²) in [6.07, 6.45) is 11.7. The van der Waals surface area contributed by atoms with E-state index in [4.69, 9.17) is 5.10 Å². The van der Waals surface area contributed by atoms with Crippen molar-refractivity contribution >= 4 is 0 Å². The first-order valence-electron chi connectivity index (χ1n) is 8.28. The van der Waals surface area contributed by atoms with E-state index in [1.807, 2.05) is 0 Å². The molecule has 2 saturated carbocycles. The molecular weight excluding hydrogens is 248 g/mol. The van der Waals surface area contributed by atoms with Gasteiger partial charge in [0, 0.05) is 31.9 Å². The fraction of sp³-hybridized carbons (Fsp3) is 0.812. The van der Waals surface area contributed by atoms with Crippen molar-refractivity contribution in [3.63, 3.8) is 0 Å². The molecule has 1 aromatic heterocycles. The predicted octanol–water partition coefficient (Wildman–Crippen LogP) is 2.57. The molecule has 3 rings (SSSR count). The van der Waals surface area contributed by atoms with Crippen molar-refractivity contribution in [2.75, 3.05) is 20.1 Å². The average molecular weight is 276 g/mol. The number of hydrogen-bond donors (Lipinski definition) is 1. The Labute approximate surface area is 122 Å². The highest BCUT2D eigenvalue weighted by atomic mass is 15.3. The highest BCUT2D eigenvalue weighted by Gasteiger charge is 2.25. The van der Waals surface area contributed by atoms with E-state index in [0.29, 0.717) is 6.04 Å². The van der Waals surface area contributed by atoms with Crippen LogP contribution in [0.2, 0.25) is 0 Å². The molecule has 2 aliphatic rings. The van der Waals surface area contributed by atoms with Crippen molar-refractivity contribution in [3.05, 3.63) is 18.0 Å². The summed E-state index contributed by atoms with van der Waals surface area (Å²) < 4.78 is 2.20. The first-order valence-corrected chi connectivity index (χ1v) is 8.28. The van der Waals surface area contributed by atoms with Crippen molar-refractivity contribution in [1.82, 2.24) is 20.0 Å². The van der Waals surface area contributed by atoms with E-state index in [0.717, 1.165) is 25.7 Å². The fourth-order valence-corrected chi connectivity index (χ4v) is 3.19. The van der Waals surface area contributed by atoms with Gasteiger partial charge < -0.3 is 10.2 Å². The van der Waals surface area contributed by atoms with E-state index < -0.39 is 0 Å². The summed E-state index contributed by atoms with van der Waals surface area (Å²) in [4.78, 5) is 2.47. The lowest BCUT2D eigenvalue weighted by atomic mass is 9.96. The maximum atomic E-state index is 4.74. The summed E-state index contributed by atoms with van der Waals surface area (Å²) in [5.41, 5.74) is 1.18. The zero-order chi connectivity index (χ0) is 13.8. The Balaban J connectivity index is 1.38. The molecule has 112 valence electrons. The monoisotopic (exact) mass is 276 g/mol. The van der Waals surface area contributed by atoms with Crippen LogP contribution in [-0.4, -0.2) is 40.9 Å². The highest BCUT2D eigenvalue weighted by molar-refractivity contribution is 4.99. The van der Waals surface area contributed by atoms with E-state index in [9.17, 15) is 0 Å². The first-order chi connectivity index (χ1) is 9.83. The quantitative estimate of drug-likeness (QED) is 0.777. The third-order valence-corrected chi connectivity index (χ3v) is 4.73. The van der Waals surface area contributed by atoms with Gasteiger partial charge in [0.2, 0.25) is 0 Å². The zero-order valence-electron chi connectivity index (χ0n) is 12.7.